The molecule has 0 saturated carbocycles. The normalized spacial score (nSPS) is 16.3. The van der Waals surface area contributed by atoms with Crippen molar-refractivity contribution in [1.29, 1.82) is 0 Å². The first kappa shape index (κ1) is 13.5. The molecule has 0 saturated heterocycles. The van der Waals surface area contributed by atoms with Gasteiger partial charge in [-0.25, -0.2) is 8.42 Å². The molecule has 0 bridgehead atoms. The molecule has 0 atom stereocenters. The molecule has 0 aromatic carbocycles. The third-order valence-corrected chi connectivity index (χ3v) is 5.44. The van der Waals surface area contributed by atoms with Crippen molar-refractivity contribution in [1.82, 2.24) is 29.3 Å². The molecule has 3 rings (SSSR count). The number of nitrogens with one attached hydrogen (secondary N) is 1. The number of alkyl halides is 1. The number of halogens is 1. The number of aromatic amines is 1. The second-order valence-electron chi connectivity index (χ2n) is 4.55. The topological polar surface area (TPSA) is 96.8 Å². The maximum absolute atomic E-state index is 12.6. The fourth-order valence-corrected chi connectivity index (χ4v) is 4.13. The van der Waals surface area contributed by atoms with E-state index < -0.39 is 10.0 Å². The van der Waals surface area contributed by atoms with E-state index in [0.717, 1.165) is 0 Å². The fourth-order valence-electron chi connectivity index (χ4n) is 2.17. The first-order valence-electron chi connectivity index (χ1n) is 6.00. The van der Waals surface area contributed by atoms with E-state index >= 15 is 0 Å². The number of aryl methyl sites for hydroxylation is 1. The van der Waals surface area contributed by atoms with Gasteiger partial charge in [0.1, 0.15) is 12.2 Å². The highest BCUT2D eigenvalue weighted by Crippen LogP contribution is 2.24. The van der Waals surface area contributed by atoms with Crippen molar-refractivity contribution in [2.75, 3.05) is 6.54 Å². The molecule has 0 spiro atoms. The van der Waals surface area contributed by atoms with Crippen molar-refractivity contribution in [3.63, 3.8) is 0 Å². The van der Waals surface area contributed by atoms with Crippen molar-refractivity contribution in [2.45, 2.75) is 30.9 Å². The van der Waals surface area contributed by atoms with E-state index in [9.17, 15) is 8.42 Å². The summed E-state index contributed by atoms with van der Waals surface area (Å²) >= 11 is 5.82. The van der Waals surface area contributed by atoms with Gasteiger partial charge in [0.25, 0.3) is 10.0 Å². The summed E-state index contributed by atoms with van der Waals surface area (Å²) in [5, 5.41) is 14.3. The van der Waals surface area contributed by atoms with Crippen LogP contribution in [0.3, 0.4) is 0 Å². The molecule has 2 aromatic rings. The molecule has 0 radical (unpaired) electrons. The molecule has 8 nitrogen and oxygen atoms in total. The lowest BCUT2D eigenvalue weighted by Gasteiger charge is -2.25. The number of H-pyrrole nitrogens is 1. The second-order valence-corrected chi connectivity index (χ2v) is 6.67. The zero-order valence-electron chi connectivity index (χ0n) is 10.7. The number of hydrogen-bond donors (Lipinski definition) is 1. The first-order chi connectivity index (χ1) is 9.54. The van der Waals surface area contributed by atoms with E-state index in [0.29, 0.717) is 30.2 Å². The molecule has 2 aromatic heterocycles. The summed E-state index contributed by atoms with van der Waals surface area (Å²) in [5.41, 5.74) is 1.18. The molecule has 108 valence electrons. The third kappa shape index (κ3) is 2.02. The van der Waals surface area contributed by atoms with Gasteiger partial charge in [0.15, 0.2) is 5.03 Å². The second kappa shape index (κ2) is 4.83. The molecule has 0 unspecified atom stereocenters. The molecule has 1 aliphatic rings. The largest absolute Gasteiger partial charge is 0.315 e. The SMILES string of the molecule is Cc1[nH]nc(S(=O)(=O)N2CCn3cnnc3C2)c1CCl. The monoisotopic (exact) mass is 316 g/mol. The molecule has 0 aliphatic carbocycles. The minimum atomic E-state index is -3.68. The van der Waals surface area contributed by atoms with Gasteiger partial charge in [-0.15, -0.1) is 21.8 Å². The van der Waals surface area contributed by atoms with Crippen LogP contribution in [0.25, 0.3) is 0 Å². The van der Waals surface area contributed by atoms with Crippen LogP contribution in [0.5, 0.6) is 0 Å². The Kier molecular flexibility index (Phi) is 3.27. The summed E-state index contributed by atoms with van der Waals surface area (Å²) in [5.74, 6) is 0.723. The smallest absolute Gasteiger partial charge is 0.263 e. The summed E-state index contributed by atoms with van der Waals surface area (Å²) in [7, 11) is -3.68. The lowest BCUT2D eigenvalue weighted by molar-refractivity contribution is 0.334. The standard InChI is InChI=1S/C10H13ClN6O2S/c1-7-8(4-11)10(15-13-7)20(18,19)17-3-2-16-6-12-14-9(16)5-17/h6H,2-5H2,1H3,(H,13,15). The minimum absolute atomic E-state index is 0.00188. The summed E-state index contributed by atoms with van der Waals surface area (Å²) in [6.45, 7) is 2.83. The molecular weight excluding hydrogens is 304 g/mol. The van der Waals surface area contributed by atoms with Crippen molar-refractivity contribution in [2.24, 2.45) is 0 Å². The van der Waals surface area contributed by atoms with Gasteiger partial charge in [-0.1, -0.05) is 0 Å². The van der Waals surface area contributed by atoms with Gasteiger partial charge in [0, 0.05) is 24.3 Å². The van der Waals surface area contributed by atoms with Crippen LogP contribution in [0.15, 0.2) is 11.4 Å². The van der Waals surface area contributed by atoms with Gasteiger partial charge >= 0.3 is 0 Å². The van der Waals surface area contributed by atoms with E-state index in [1.165, 1.54) is 4.31 Å². The zero-order chi connectivity index (χ0) is 14.3. The van der Waals surface area contributed by atoms with E-state index in [-0.39, 0.29) is 17.5 Å². The Morgan fingerprint density at radius 1 is 1.45 bits per heavy atom. The van der Waals surface area contributed by atoms with Crippen molar-refractivity contribution in [3.8, 4) is 0 Å². The lowest BCUT2D eigenvalue weighted by atomic mass is 10.3. The Bertz CT molecular complexity index is 737. The van der Waals surface area contributed by atoms with E-state index in [1.807, 2.05) is 4.57 Å². The number of hydrogen-bond acceptors (Lipinski definition) is 5. The van der Waals surface area contributed by atoms with Gasteiger partial charge < -0.3 is 4.57 Å². The molecular formula is C10H13ClN6O2S. The zero-order valence-corrected chi connectivity index (χ0v) is 12.3. The highest BCUT2D eigenvalue weighted by molar-refractivity contribution is 7.89. The van der Waals surface area contributed by atoms with Crippen LogP contribution < -0.4 is 0 Å². The number of aromatic nitrogens is 5. The molecule has 3 heterocycles. The Morgan fingerprint density at radius 3 is 3.00 bits per heavy atom. The van der Waals surface area contributed by atoms with Crippen LogP contribution in [-0.2, 0) is 29.0 Å². The highest BCUT2D eigenvalue weighted by atomic mass is 35.5. The number of fused-ring (bicyclic) bond motifs is 1. The molecule has 0 fully saturated rings. The fraction of sp³-hybridized carbons (Fsp3) is 0.500. The number of sulfonamides is 1. The van der Waals surface area contributed by atoms with Gasteiger partial charge in [-0.2, -0.15) is 9.40 Å². The Labute approximate surface area is 120 Å². The summed E-state index contributed by atoms with van der Waals surface area (Å²) in [6, 6.07) is 0. The van der Waals surface area contributed by atoms with Gasteiger partial charge in [-0.05, 0) is 6.92 Å². The van der Waals surface area contributed by atoms with Crippen molar-refractivity contribution < 1.29 is 8.42 Å². The van der Waals surface area contributed by atoms with E-state index in [1.54, 1.807) is 13.3 Å². The first-order valence-corrected chi connectivity index (χ1v) is 7.98. The predicted molar refractivity (Wildman–Crippen MR) is 70.5 cm³/mol. The maximum Gasteiger partial charge on any atom is 0.263 e. The Balaban J connectivity index is 1.97. The molecule has 0 amide bonds. The Hall–Kier alpha value is -1.45. The van der Waals surface area contributed by atoms with Crippen LogP contribution in [0.4, 0.5) is 0 Å². The van der Waals surface area contributed by atoms with E-state index in [2.05, 4.69) is 20.4 Å². The third-order valence-electron chi connectivity index (χ3n) is 3.36. The van der Waals surface area contributed by atoms with Crippen LogP contribution in [0.2, 0.25) is 0 Å². The predicted octanol–water partition coefficient (Wildman–Crippen LogP) is 0.253. The average molecular weight is 317 g/mol. The lowest BCUT2D eigenvalue weighted by Crippen LogP contribution is -2.38. The maximum atomic E-state index is 12.6. The summed E-state index contributed by atoms with van der Waals surface area (Å²) in [4.78, 5) is 0. The summed E-state index contributed by atoms with van der Waals surface area (Å²) < 4.78 is 28.5. The highest BCUT2D eigenvalue weighted by Gasteiger charge is 2.33. The van der Waals surface area contributed by atoms with Crippen molar-refractivity contribution >= 4 is 21.6 Å². The Morgan fingerprint density at radius 2 is 2.25 bits per heavy atom. The molecule has 10 heteroatoms. The molecule has 1 aliphatic heterocycles. The van der Waals surface area contributed by atoms with Gasteiger partial charge in [-0.3, -0.25) is 5.10 Å². The van der Waals surface area contributed by atoms with Gasteiger partial charge in [0.2, 0.25) is 0 Å². The van der Waals surface area contributed by atoms with Crippen LogP contribution >= 0.6 is 11.6 Å². The van der Waals surface area contributed by atoms with Crippen molar-refractivity contribution in [3.05, 3.63) is 23.4 Å². The number of nitrogens with zero attached hydrogens (tertiary/aromatic N) is 5. The molecule has 20 heavy (non-hydrogen) atoms. The van der Waals surface area contributed by atoms with E-state index in [4.69, 9.17) is 11.6 Å². The van der Waals surface area contributed by atoms with Crippen LogP contribution in [0.1, 0.15) is 17.1 Å². The average Bonchev–Trinajstić information content (AvgIpc) is 3.03. The number of rotatable bonds is 3. The van der Waals surface area contributed by atoms with Gasteiger partial charge in [0.05, 0.1) is 12.4 Å². The molecule has 1 N–H and O–H groups in total. The van der Waals surface area contributed by atoms with Crippen LogP contribution in [-0.4, -0.2) is 44.2 Å². The quantitative estimate of drug-likeness (QED) is 0.819. The minimum Gasteiger partial charge on any atom is -0.315 e. The summed E-state index contributed by atoms with van der Waals surface area (Å²) in [6.07, 6.45) is 1.60. The van der Waals surface area contributed by atoms with Crippen LogP contribution in [0, 0.1) is 6.92 Å².